The van der Waals surface area contributed by atoms with E-state index in [4.69, 9.17) is 9.84 Å². The number of aliphatic hydroxyl groups is 1. The average molecular weight is 441 g/mol. The molecule has 0 fully saturated rings. The van der Waals surface area contributed by atoms with E-state index in [0.717, 1.165) is 40.8 Å². The smallest absolute Gasteiger partial charge is 0.416 e. The largest absolute Gasteiger partial charge is 0.486 e. The van der Waals surface area contributed by atoms with Crippen LogP contribution in [0.25, 0.3) is 11.1 Å². The zero-order valence-corrected chi connectivity index (χ0v) is 17.2. The molecule has 1 aliphatic rings. The number of rotatable bonds is 6. The number of carbonyl (C=O) groups is 1. The van der Waals surface area contributed by atoms with Crippen molar-refractivity contribution < 1.29 is 27.8 Å². The quantitative estimate of drug-likeness (QED) is 0.556. The number of alkyl halides is 3. The molecule has 0 aliphatic heterocycles. The van der Waals surface area contributed by atoms with Crippen LogP contribution in [0.5, 0.6) is 5.75 Å². The zero-order valence-electron chi connectivity index (χ0n) is 17.2. The summed E-state index contributed by atoms with van der Waals surface area (Å²) in [5.41, 5.74) is 3.51. The fourth-order valence-corrected chi connectivity index (χ4v) is 3.89. The summed E-state index contributed by atoms with van der Waals surface area (Å²) in [7, 11) is 0. The summed E-state index contributed by atoms with van der Waals surface area (Å²) in [5.74, 6) is -0.0848. The summed E-state index contributed by atoms with van der Waals surface area (Å²) in [4.78, 5) is 12.2. The maximum atomic E-state index is 13.0. The Morgan fingerprint density at radius 3 is 2.59 bits per heavy atom. The van der Waals surface area contributed by atoms with Gasteiger partial charge in [0.2, 0.25) is 0 Å². The van der Waals surface area contributed by atoms with Gasteiger partial charge in [-0.1, -0.05) is 30.3 Å². The molecule has 0 bridgehead atoms. The van der Waals surface area contributed by atoms with E-state index in [1.165, 1.54) is 12.1 Å². The molecule has 32 heavy (non-hydrogen) atoms. The van der Waals surface area contributed by atoms with Gasteiger partial charge in [0.25, 0.3) is 5.91 Å². The van der Waals surface area contributed by atoms with Gasteiger partial charge in [-0.3, -0.25) is 4.79 Å². The Hall–Kier alpha value is -3.32. The van der Waals surface area contributed by atoms with Crippen molar-refractivity contribution in [1.29, 1.82) is 0 Å². The lowest BCUT2D eigenvalue weighted by Gasteiger charge is -2.17. The minimum atomic E-state index is -4.42. The van der Waals surface area contributed by atoms with Gasteiger partial charge < -0.3 is 15.2 Å². The summed E-state index contributed by atoms with van der Waals surface area (Å²) < 4.78 is 45.0. The number of benzene rings is 3. The van der Waals surface area contributed by atoms with Crippen molar-refractivity contribution in [2.75, 3.05) is 13.2 Å². The molecule has 0 radical (unpaired) electrons. The fourth-order valence-electron chi connectivity index (χ4n) is 3.89. The molecule has 4 rings (SSSR count). The van der Waals surface area contributed by atoms with Gasteiger partial charge in [-0.25, -0.2) is 0 Å². The first kappa shape index (κ1) is 21.9. The Kier molecular flexibility index (Phi) is 6.19. The van der Waals surface area contributed by atoms with Gasteiger partial charge >= 0.3 is 6.18 Å². The van der Waals surface area contributed by atoms with Crippen LogP contribution in [0.3, 0.4) is 0 Å². The second-order valence-corrected chi connectivity index (χ2v) is 7.64. The molecule has 0 heterocycles. The van der Waals surface area contributed by atoms with E-state index in [1.54, 1.807) is 18.2 Å². The van der Waals surface area contributed by atoms with Gasteiger partial charge in [0.1, 0.15) is 11.9 Å². The summed E-state index contributed by atoms with van der Waals surface area (Å²) in [5, 5.41) is 11.5. The average Bonchev–Trinajstić information content (AvgIpc) is 3.19. The van der Waals surface area contributed by atoms with Crippen LogP contribution in [0.4, 0.5) is 13.2 Å². The lowest BCUT2D eigenvalue weighted by atomic mass is 9.98. The minimum absolute atomic E-state index is 0.135. The molecule has 7 heteroatoms. The number of aliphatic hydroxyl groups excluding tert-OH is 1. The number of fused-ring (bicyclic) bond motifs is 1. The molecule has 3 aromatic rings. The van der Waals surface area contributed by atoms with Crippen molar-refractivity contribution in [2.24, 2.45) is 0 Å². The Morgan fingerprint density at radius 2 is 1.81 bits per heavy atom. The maximum Gasteiger partial charge on any atom is 0.416 e. The maximum absolute atomic E-state index is 13.0. The SMILES string of the molecule is O=C(NCCO)c1cccc(-c2ccc3c(c2)C(Oc2cccc(C(F)(F)F)c2)CC3)c1. The van der Waals surface area contributed by atoms with Crippen molar-refractivity contribution in [3.05, 3.63) is 89.0 Å². The van der Waals surface area contributed by atoms with E-state index in [2.05, 4.69) is 5.32 Å². The molecule has 166 valence electrons. The number of ether oxygens (including phenoxy) is 1. The van der Waals surface area contributed by atoms with E-state index < -0.39 is 11.7 Å². The first-order chi connectivity index (χ1) is 15.3. The van der Waals surface area contributed by atoms with Crippen molar-refractivity contribution >= 4 is 5.91 Å². The van der Waals surface area contributed by atoms with Gasteiger partial charge in [-0.15, -0.1) is 0 Å². The summed E-state index contributed by atoms with van der Waals surface area (Å²) in [6, 6.07) is 18.0. The second kappa shape index (κ2) is 9.04. The molecule has 0 spiro atoms. The molecule has 0 saturated carbocycles. The van der Waals surface area contributed by atoms with Crippen LogP contribution in [0.2, 0.25) is 0 Å². The number of carbonyl (C=O) groups excluding carboxylic acids is 1. The van der Waals surface area contributed by atoms with E-state index >= 15 is 0 Å². The lowest BCUT2D eigenvalue weighted by Crippen LogP contribution is -2.26. The molecule has 1 unspecified atom stereocenters. The zero-order chi connectivity index (χ0) is 22.7. The predicted molar refractivity (Wildman–Crippen MR) is 114 cm³/mol. The van der Waals surface area contributed by atoms with Crippen LogP contribution in [0.15, 0.2) is 66.7 Å². The molecule has 1 amide bonds. The molecule has 1 atom stereocenters. The Bertz CT molecular complexity index is 1130. The highest BCUT2D eigenvalue weighted by Gasteiger charge is 2.31. The molecule has 4 nitrogen and oxygen atoms in total. The van der Waals surface area contributed by atoms with Crippen LogP contribution in [0.1, 0.15) is 39.6 Å². The van der Waals surface area contributed by atoms with Crippen molar-refractivity contribution in [3.8, 4) is 16.9 Å². The molecule has 0 aromatic heterocycles. The van der Waals surface area contributed by atoms with E-state index in [0.29, 0.717) is 12.0 Å². The predicted octanol–water partition coefficient (Wildman–Crippen LogP) is 5.16. The summed E-state index contributed by atoms with van der Waals surface area (Å²) >= 11 is 0. The topological polar surface area (TPSA) is 58.6 Å². The standard InChI is InChI=1S/C25H22F3NO3/c26-25(27,28)20-5-2-6-21(15-20)32-23-10-9-16-7-8-18(14-22(16)23)17-3-1-4-19(13-17)24(31)29-11-12-30/h1-8,13-15,23,30H,9-12H2,(H,29,31). The van der Waals surface area contributed by atoms with Crippen LogP contribution in [-0.4, -0.2) is 24.2 Å². The summed E-state index contributed by atoms with van der Waals surface area (Å²) in [6.07, 6.45) is -3.31. The highest BCUT2D eigenvalue weighted by molar-refractivity contribution is 5.95. The lowest BCUT2D eigenvalue weighted by molar-refractivity contribution is -0.137. The highest BCUT2D eigenvalue weighted by atomic mass is 19.4. The third-order valence-corrected chi connectivity index (χ3v) is 5.46. The first-order valence-electron chi connectivity index (χ1n) is 10.3. The number of halogens is 3. The highest BCUT2D eigenvalue weighted by Crippen LogP contribution is 2.39. The summed E-state index contributed by atoms with van der Waals surface area (Å²) in [6.45, 7) is 0.0417. The van der Waals surface area contributed by atoms with Gasteiger partial charge in [0.15, 0.2) is 0 Å². The van der Waals surface area contributed by atoms with Crippen molar-refractivity contribution in [2.45, 2.75) is 25.1 Å². The van der Waals surface area contributed by atoms with Crippen molar-refractivity contribution in [3.63, 3.8) is 0 Å². The number of aryl methyl sites for hydroxylation is 1. The Balaban J connectivity index is 1.58. The van der Waals surface area contributed by atoms with Crippen LogP contribution >= 0.6 is 0 Å². The molecule has 3 aromatic carbocycles. The molecule has 0 saturated heterocycles. The molecule has 1 aliphatic carbocycles. The van der Waals surface area contributed by atoms with Gasteiger partial charge in [0, 0.05) is 12.1 Å². The van der Waals surface area contributed by atoms with Gasteiger partial charge in [-0.05, 0) is 71.5 Å². The van der Waals surface area contributed by atoms with Crippen LogP contribution in [0, 0.1) is 0 Å². The van der Waals surface area contributed by atoms with Gasteiger partial charge in [-0.2, -0.15) is 13.2 Å². The minimum Gasteiger partial charge on any atom is -0.486 e. The monoisotopic (exact) mass is 441 g/mol. The van der Waals surface area contributed by atoms with E-state index in [1.807, 2.05) is 24.3 Å². The van der Waals surface area contributed by atoms with Crippen molar-refractivity contribution in [1.82, 2.24) is 5.32 Å². The number of hydrogen-bond acceptors (Lipinski definition) is 3. The Morgan fingerprint density at radius 1 is 1.03 bits per heavy atom. The van der Waals surface area contributed by atoms with Crippen LogP contribution in [-0.2, 0) is 12.6 Å². The third kappa shape index (κ3) is 4.78. The van der Waals surface area contributed by atoms with Gasteiger partial charge in [0.05, 0.1) is 12.2 Å². The second-order valence-electron chi connectivity index (χ2n) is 7.64. The normalized spacial score (nSPS) is 15.3. The molecular weight excluding hydrogens is 419 g/mol. The number of hydrogen-bond donors (Lipinski definition) is 2. The number of nitrogens with one attached hydrogen (secondary N) is 1. The first-order valence-corrected chi connectivity index (χ1v) is 10.3. The number of amides is 1. The molecule has 2 N–H and O–H groups in total. The fraction of sp³-hybridized carbons (Fsp3) is 0.240. The van der Waals surface area contributed by atoms with E-state index in [9.17, 15) is 18.0 Å². The van der Waals surface area contributed by atoms with E-state index in [-0.39, 0.29) is 30.9 Å². The molecular formula is C25H22F3NO3. The van der Waals surface area contributed by atoms with Crippen LogP contribution < -0.4 is 10.1 Å². The Labute approximate surface area is 183 Å². The third-order valence-electron chi connectivity index (χ3n) is 5.46.